The predicted molar refractivity (Wildman–Crippen MR) is 144 cm³/mol. The lowest BCUT2D eigenvalue weighted by molar-refractivity contribution is 0.0694. The molecule has 2 amide bonds. The van der Waals surface area contributed by atoms with Gasteiger partial charge in [0.1, 0.15) is 5.82 Å². The first-order chi connectivity index (χ1) is 17.7. The van der Waals surface area contributed by atoms with Crippen molar-refractivity contribution in [3.63, 3.8) is 0 Å². The van der Waals surface area contributed by atoms with Crippen LogP contribution in [0.1, 0.15) is 57.5 Å². The van der Waals surface area contributed by atoms with Gasteiger partial charge in [-0.05, 0) is 68.9 Å². The van der Waals surface area contributed by atoms with Crippen molar-refractivity contribution in [3.05, 3.63) is 52.7 Å². The topological polar surface area (TPSA) is 94.1 Å². The van der Waals surface area contributed by atoms with Gasteiger partial charge >= 0.3 is 0 Å². The highest BCUT2D eigenvalue weighted by Gasteiger charge is 2.32. The summed E-state index contributed by atoms with van der Waals surface area (Å²) in [6, 6.07) is 7.03. The number of sulfonamides is 1. The number of nitrogens with zero attached hydrogens (tertiary/aromatic N) is 5. The number of benzene rings is 1. The van der Waals surface area contributed by atoms with Crippen molar-refractivity contribution in [2.45, 2.75) is 39.5 Å². The molecule has 198 valence electrons. The minimum Gasteiger partial charge on any atom is -0.353 e. The van der Waals surface area contributed by atoms with Crippen LogP contribution in [0.2, 0.25) is 0 Å². The maximum absolute atomic E-state index is 13.7. The summed E-state index contributed by atoms with van der Waals surface area (Å²) in [6.07, 6.45) is 5.37. The van der Waals surface area contributed by atoms with E-state index in [9.17, 15) is 18.0 Å². The quantitative estimate of drug-likeness (QED) is 0.609. The summed E-state index contributed by atoms with van der Waals surface area (Å²) in [5.41, 5.74) is 3.33. The molecule has 3 saturated heterocycles. The molecule has 0 N–H and O–H groups in total. The third-order valence-corrected chi connectivity index (χ3v) is 9.42. The molecule has 2 aromatic rings. The number of carbonyl (C=O) groups excluding carboxylic acids is 2. The van der Waals surface area contributed by atoms with Crippen molar-refractivity contribution in [2.24, 2.45) is 0 Å². The molecule has 3 aliphatic heterocycles. The van der Waals surface area contributed by atoms with Crippen LogP contribution < -0.4 is 9.21 Å². The number of amides is 2. The van der Waals surface area contributed by atoms with E-state index in [1.807, 2.05) is 20.0 Å². The first kappa shape index (κ1) is 25.5. The van der Waals surface area contributed by atoms with E-state index in [0.717, 1.165) is 36.2 Å². The fraction of sp³-hybridized carbons (Fsp3) is 0.519. The lowest BCUT2D eigenvalue weighted by atomic mass is 10.0. The molecule has 4 heterocycles. The van der Waals surface area contributed by atoms with Gasteiger partial charge in [-0.1, -0.05) is 6.07 Å². The Morgan fingerprint density at radius 1 is 0.784 bits per heavy atom. The number of rotatable bonds is 4. The number of aromatic nitrogens is 1. The number of hydrogen-bond acceptors (Lipinski definition) is 6. The summed E-state index contributed by atoms with van der Waals surface area (Å²) < 4.78 is 26.5. The average molecular weight is 526 g/mol. The molecule has 37 heavy (non-hydrogen) atoms. The van der Waals surface area contributed by atoms with Gasteiger partial charge in [0, 0.05) is 52.0 Å². The highest BCUT2D eigenvalue weighted by atomic mass is 32.2. The maximum Gasteiger partial charge on any atom is 0.254 e. The molecule has 3 aliphatic rings. The van der Waals surface area contributed by atoms with Crippen LogP contribution in [-0.2, 0) is 10.0 Å². The van der Waals surface area contributed by atoms with Crippen LogP contribution in [0, 0.1) is 13.8 Å². The van der Waals surface area contributed by atoms with E-state index >= 15 is 0 Å². The Morgan fingerprint density at radius 3 is 2.11 bits per heavy atom. The van der Waals surface area contributed by atoms with Gasteiger partial charge in [-0.3, -0.25) is 13.9 Å². The second-order valence-electron chi connectivity index (χ2n) is 10.3. The van der Waals surface area contributed by atoms with Crippen molar-refractivity contribution in [3.8, 4) is 0 Å². The fourth-order valence-electron chi connectivity index (χ4n) is 5.58. The highest BCUT2D eigenvalue weighted by molar-refractivity contribution is 7.93. The molecule has 1 aromatic heterocycles. The zero-order valence-electron chi connectivity index (χ0n) is 21.6. The molecule has 0 bridgehead atoms. The normalized spacial score (nSPS) is 19.8. The number of piperidine rings is 1. The first-order valence-corrected chi connectivity index (χ1v) is 14.8. The van der Waals surface area contributed by atoms with E-state index in [2.05, 4.69) is 16.0 Å². The third-order valence-electron chi connectivity index (χ3n) is 7.55. The molecule has 5 rings (SSSR count). The van der Waals surface area contributed by atoms with Gasteiger partial charge in [-0.15, -0.1) is 0 Å². The van der Waals surface area contributed by atoms with Gasteiger partial charge in [0.05, 0.1) is 22.6 Å². The largest absolute Gasteiger partial charge is 0.353 e. The van der Waals surface area contributed by atoms with Crippen molar-refractivity contribution in [1.82, 2.24) is 14.8 Å². The Labute approximate surface area is 219 Å². The molecule has 0 radical (unpaired) electrons. The predicted octanol–water partition coefficient (Wildman–Crippen LogP) is 2.83. The van der Waals surface area contributed by atoms with Gasteiger partial charge in [0.2, 0.25) is 10.0 Å². The molecule has 0 unspecified atom stereocenters. The fourth-order valence-corrected chi connectivity index (χ4v) is 7.13. The molecule has 3 fully saturated rings. The molecule has 0 aliphatic carbocycles. The molecule has 10 heteroatoms. The first-order valence-electron chi connectivity index (χ1n) is 13.2. The van der Waals surface area contributed by atoms with Gasteiger partial charge in [0.15, 0.2) is 0 Å². The van der Waals surface area contributed by atoms with Crippen LogP contribution in [0.25, 0.3) is 0 Å². The van der Waals surface area contributed by atoms with Crippen molar-refractivity contribution < 1.29 is 18.0 Å². The van der Waals surface area contributed by atoms with Crippen LogP contribution in [0.15, 0.2) is 30.5 Å². The van der Waals surface area contributed by atoms with Crippen LogP contribution in [0.5, 0.6) is 0 Å². The zero-order chi connectivity index (χ0) is 26.2. The maximum atomic E-state index is 13.7. The average Bonchev–Trinajstić information content (AvgIpc) is 3.27. The molecular weight excluding hydrogens is 490 g/mol. The van der Waals surface area contributed by atoms with Gasteiger partial charge in [-0.2, -0.15) is 0 Å². The third kappa shape index (κ3) is 5.16. The number of hydrogen-bond donors (Lipinski definition) is 0. The Kier molecular flexibility index (Phi) is 7.11. The van der Waals surface area contributed by atoms with E-state index in [4.69, 9.17) is 0 Å². The van der Waals surface area contributed by atoms with E-state index < -0.39 is 10.0 Å². The Bertz CT molecular complexity index is 1300. The van der Waals surface area contributed by atoms with Gasteiger partial charge in [0.25, 0.3) is 11.8 Å². The number of aryl methyl sites for hydroxylation is 2. The minimum atomic E-state index is -3.40. The van der Waals surface area contributed by atoms with Crippen LogP contribution in [-0.4, -0.2) is 86.6 Å². The van der Waals surface area contributed by atoms with Gasteiger partial charge in [-0.25, -0.2) is 13.4 Å². The lowest BCUT2D eigenvalue weighted by Crippen LogP contribution is -2.49. The number of anilines is 2. The molecule has 0 atom stereocenters. The number of likely N-dealkylation sites (tertiary alicyclic amines) is 1. The van der Waals surface area contributed by atoms with Crippen molar-refractivity contribution in [1.29, 1.82) is 0 Å². The Hall–Kier alpha value is -3.14. The van der Waals surface area contributed by atoms with Crippen LogP contribution >= 0.6 is 0 Å². The van der Waals surface area contributed by atoms with E-state index in [0.29, 0.717) is 69.0 Å². The smallest absolute Gasteiger partial charge is 0.254 e. The Balaban J connectivity index is 1.40. The van der Waals surface area contributed by atoms with E-state index in [1.165, 1.54) is 4.31 Å². The van der Waals surface area contributed by atoms with E-state index in [-0.39, 0.29) is 17.6 Å². The second kappa shape index (κ2) is 10.3. The lowest BCUT2D eigenvalue weighted by Gasteiger charge is -2.36. The summed E-state index contributed by atoms with van der Waals surface area (Å²) in [7, 11) is -3.40. The number of carbonyl (C=O) groups is 2. The summed E-state index contributed by atoms with van der Waals surface area (Å²) in [4.78, 5) is 37.7. The number of piperazine rings is 1. The zero-order valence-corrected chi connectivity index (χ0v) is 22.5. The van der Waals surface area contributed by atoms with Crippen LogP contribution in [0.3, 0.4) is 0 Å². The van der Waals surface area contributed by atoms with Crippen molar-refractivity contribution >= 4 is 33.3 Å². The highest BCUT2D eigenvalue weighted by Crippen LogP contribution is 2.29. The molecular formula is C27H35N5O4S. The summed E-state index contributed by atoms with van der Waals surface area (Å²) in [6.45, 7) is 8.12. The second-order valence-corrected chi connectivity index (χ2v) is 12.3. The van der Waals surface area contributed by atoms with Crippen LogP contribution in [0.4, 0.5) is 11.5 Å². The summed E-state index contributed by atoms with van der Waals surface area (Å²) in [5.74, 6) is 0.654. The standard InChI is InChI=1S/C27H35N5O4S/c1-20-17-21(2)25(28-19-20)29-12-14-31(15-13-29)26(33)23-8-7-22(32-11-6-16-37(32,35)36)18-24(23)27(34)30-9-4-3-5-10-30/h7-8,17-19H,3-6,9-16H2,1-2H3. The molecule has 0 saturated carbocycles. The number of pyridine rings is 1. The summed E-state index contributed by atoms with van der Waals surface area (Å²) >= 11 is 0. The molecule has 0 spiro atoms. The SMILES string of the molecule is Cc1cnc(N2CCN(C(=O)c3ccc(N4CCCS4(=O)=O)cc3C(=O)N3CCCCC3)CC2)c(C)c1. The Morgan fingerprint density at radius 2 is 1.46 bits per heavy atom. The van der Waals surface area contributed by atoms with E-state index in [1.54, 1.807) is 28.0 Å². The monoisotopic (exact) mass is 525 g/mol. The van der Waals surface area contributed by atoms with Crippen molar-refractivity contribution in [2.75, 3.05) is 60.8 Å². The minimum absolute atomic E-state index is 0.0999. The van der Waals surface area contributed by atoms with Gasteiger partial charge < -0.3 is 14.7 Å². The molecule has 9 nitrogen and oxygen atoms in total. The molecule has 1 aromatic carbocycles. The summed E-state index contributed by atoms with van der Waals surface area (Å²) in [5, 5.41) is 0.